The number of alkyl halides is 3. The summed E-state index contributed by atoms with van der Waals surface area (Å²) in [6.07, 6.45) is -3.34. The van der Waals surface area contributed by atoms with E-state index in [1.54, 1.807) is 6.92 Å². The lowest BCUT2D eigenvalue weighted by molar-refractivity contribution is -0.161. The lowest BCUT2D eigenvalue weighted by Crippen LogP contribution is -2.25. The summed E-state index contributed by atoms with van der Waals surface area (Å²) in [5, 5.41) is 0. The molecule has 0 N–H and O–H groups in total. The van der Waals surface area contributed by atoms with Gasteiger partial charge in [0.05, 0.1) is 7.11 Å². The highest BCUT2D eigenvalue weighted by molar-refractivity contribution is 5.92. The van der Waals surface area contributed by atoms with Gasteiger partial charge in [-0.15, -0.1) is 0 Å². The largest absolute Gasteiger partial charge is 0.490 e. The second-order valence-corrected chi connectivity index (χ2v) is 3.55. The number of carbonyl (C=O) groups excluding carboxylic acids is 1. The number of esters is 1. The Bertz CT molecular complexity index is 522. The van der Waals surface area contributed by atoms with Crippen molar-refractivity contribution in [2.75, 3.05) is 13.7 Å². The molecule has 1 aromatic rings. The van der Waals surface area contributed by atoms with Crippen LogP contribution in [0.2, 0.25) is 0 Å². The Kier molecular flexibility index (Phi) is 4.57. The fraction of sp³-hybridized carbons (Fsp3) is 0.455. The van der Waals surface area contributed by atoms with Gasteiger partial charge in [-0.3, -0.25) is 4.79 Å². The van der Waals surface area contributed by atoms with Gasteiger partial charge in [-0.1, -0.05) is 0 Å². The molecule has 0 radical (unpaired) electrons. The minimum atomic E-state index is -4.62. The van der Waals surface area contributed by atoms with Gasteiger partial charge in [0, 0.05) is 12.7 Å². The van der Waals surface area contributed by atoms with Gasteiger partial charge in [0.25, 0.3) is 5.56 Å². The Hall–Kier alpha value is -1.99. The molecule has 106 valence electrons. The molecule has 0 bridgehead atoms. The molecule has 0 aliphatic carbocycles. The summed E-state index contributed by atoms with van der Waals surface area (Å²) in [7, 11) is 1.15. The minimum absolute atomic E-state index is 0.332. The maximum atomic E-state index is 11.9. The van der Waals surface area contributed by atoms with E-state index < -0.39 is 24.3 Å². The summed E-state index contributed by atoms with van der Waals surface area (Å²) in [5.41, 5.74) is -0.937. The fourth-order valence-corrected chi connectivity index (χ4v) is 1.39. The van der Waals surface area contributed by atoms with Crippen molar-refractivity contribution in [2.45, 2.75) is 19.6 Å². The van der Waals surface area contributed by atoms with Crippen LogP contribution in [0.3, 0.4) is 0 Å². The Morgan fingerprint density at radius 2 is 2.05 bits per heavy atom. The third-order valence-electron chi connectivity index (χ3n) is 2.25. The number of methoxy groups -OCH3 is 1. The molecule has 0 aromatic carbocycles. The maximum Gasteiger partial charge on any atom is 0.422 e. The number of aryl methyl sites for hydroxylation is 1. The molecule has 1 rings (SSSR count). The van der Waals surface area contributed by atoms with Gasteiger partial charge < -0.3 is 14.0 Å². The molecule has 0 aliphatic heterocycles. The third-order valence-corrected chi connectivity index (χ3v) is 2.25. The first-order chi connectivity index (χ1) is 8.80. The molecular formula is C11H12F3NO4. The predicted octanol–water partition coefficient (Wildman–Crippen LogP) is 1.60. The second-order valence-electron chi connectivity index (χ2n) is 3.55. The van der Waals surface area contributed by atoms with E-state index in [9.17, 15) is 22.8 Å². The van der Waals surface area contributed by atoms with Crippen molar-refractivity contribution < 1.29 is 27.4 Å². The molecule has 5 nitrogen and oxygen atoms in total. The van der Waals surface area contributed by atoms with Crippen LogP contribution in [0.5, 0.6) is 5.75 Å². The van der Waals surface area contributed by atoms with Gasteiger partial charge in [-0.2, -0.15) is 13.2 Å². The average Bonchev–Trinajstić information content (AvgIpc) is 2.34. The van der Waals surface area contributed by atoms with E-state index in [1.165, 1.54) is 16.8 Å². The molecule has 0 unspecified atom stereocenters. The van der Waals surface area contributed by atoms with E-state index in [2.05, 4.69) is 4.74 Å². The Labute approximate surface area is 106 Å². The number of carbonyl (C=O) groups is 1. The standard InChI is InChI=1S/C11H12F3NO4/c1-3-15-5-4-7(8(18-2)9(15)16)10(17)19-6-11(12,13)14/h4-5H,3,6H2,1-2H3. The number of halogens is 3. The van der Waals surface area contributed by atoms with E-state index in [0.717, 1.165) is 7.11 Å². The molecule has 0 spiro atoms. The summed E-state index contributed by atoms with van der Waals surface area (Å²) < 4.78 is 45.9. The van der Waals surface area contributed by atoms with Crippen LogP contribution in [0.15, 0.2) is 17.1 Å². The zero-order valence-electron chi connectivity index (χ0n) is 10.3. The molecule has 0 aliphatic rings. The number of pyridine rings is 1. The van der Waals surface area contributed by atoms with Crippen LogP contribution < -0.4 is 10.3 Å². The number of hydrogen-bond donors (Lipinski definition) is 0. The van der Waals surface area contributed by atoms with Crippen molar-refractivity contribution in [3.05, 3.63) is 28.2 Å². The van der Waals surface area contributed by atoms with Gasteiger partial charge in [0.15, 0.2) is 12.4 Å². The molecule has 0 saturated heterocycles. The molecule has 0 saturated carbocycles. The van der Waals surface area contributed by atoms with Crippen LogP contribution in [-0.2, 0) is 11.3 Å². The van der Waals surface area contributed by atoms with E-state index in [0.29, 0.717) is 6.54 Å². The van der Waals surface area contributed by atoms with Crippen molar-refractivity contribution in [3.63, 3.8) is 0 Å². The normalized spacial score (nSPS) is 11.2. The third kappa shape index (κ3) is 3.73. The number of nitrogens with zero attached hydrogens (tertiary/aromatic N) is 1. The molecule has 1 aromatic heterocycles. The van der Waals surface area contributed by atoms with Crippen molar-refractivity contribution >= 4 is 5.97 Å². The summed E-state index contributed by atoms with van der Waals surface area (Å²) in [5.74, 6) is -1.59. The predicted molar refractivity (Wildman–Crippen MR) is 59.3 cm³/mol. The van der Waals surface area contributed by atoms with Crippen molar-refractivity contribution in [1.82, 2.24) is 4.57 Å². The number of hydrogen-bond acceptors (Lipinski definition) is 4. The van der Waals surface area contributed by atoms with Crippen LogP contribution >= 0.6 is 0 Å². The van der Waals surface area contributed by atoms with Crippen molar-refractivity contribution in [1.29, 1.82) is 0 Å². The monoisotopic (exact) mass is 279 g/mol. The van der Waals surface area contributed by atoms with Gasteiger partial charge in [0.2, 0.25) is 0 Å². The number of aromatic nitrogens is 1. The van der Waals surface area contributed by atoms with Crippen molar-refractivity contribution in [2.24, 2.45) is 0 Å². The first-order valence-electron chi connectivity index (χ1n) is 5.31. The Morgan fingerprint density at radius 1 is 1.42 bits per heavy atom. The molecule has 19 heavy (non-hydrogen) atoms. The molecule has 8 heteroatoms. The van der Waals surface area contributed by atoms with Crippen molar-refractivity contribution in [3.8, 4) is 5.75 Å². The number of rotatable bonds is 4. The van der Waals surface area contributed by atoms with Gasteiger partial charge in [-0.25, -0.2) is 4.79 Å². The van der Waals surface area contributed by atoms with E-state index in [4.69, 9.17) is 4.74 Å². The van der Waals surface area contributed by atoms with Gasteiger partial charge in [-0.05, 0) is 13.0 Å². The fourth-order valence-electron chi connectivity index (χ4n) is 1.39. The zero-order chi connectivity index (χ0) is 14.6. The van der Waals surface area contributed by atoms with E-state index in [1.807, 2.05) is 0 Å². The Morgan fingerprint density at radius 3 is 2.53 bits per heavy atom. The quantitative estimate of drug-likeness (QED) is 0.785. The molecular weight excluding hydrogens is 267 g/mol. The van der Waals surface area contributed by atoms with E-state index in [-0.39, 0.29) is 11.3 Å². The minimum Gasteiger partial charge on any atom is -0.490 e. The lowest BCUT2D eigenvalue weighted by atomic mass is 10.2. The van der Waals surface area contributed by atoms with Gasteiger partial charge >= 0.3 is 12.1 Å². The first-order valence-corrected chi connectivity index (χ1v) is 5.31. The number of ether oxygens (including phenoxy) is 2. The van der Waals surface area contributed by atoms with Crippen LogP contribution in [0, 0.1) is 0 Å². The summed E-state index contributed by atoms with van der Waals surface area (Å²) in [6, 6.07) is 1.18. The van der Waals surface area contributed by atoms with Gasteiger partial charge in [0.1, 0.15) is 5.56 Å². The SMILES string of the molecule is CCn1ccc(C(=O)OCC(F)(F)F)c(OC)c1=O. The smallest absolute Gasteiger partial charge is 0.422 e. The van der Waals surface area contributed by atoms with Crippen LogP contribution in [0.25, 0.3) is 0 Å². The lowest BCUT2D eigenvalue weighted by Gasteiger charge is -2.11. The topological polar surface area (TPSA) is 57.5 Å². The second kappa shape index (κ2) is 5.77. The molecule has 0 amide bonds. The highest BCUT2D eigenvalue weighted by atomic mass is 19.4. The van der Waals surface area contributed by atoms with E-state index >= 15 is 0 Å². The first kappa shape index (κ1) is 15.1. The zero-order valence-corrected chi connectivity index (χ0v) is 10.3. The molecule has 1 heterocycles. The average molecular weight is 279 g/mol. The van der Waals surface area contributed by atoms with Crippen LogP contribution in [0.4, 0.5) is 13.2 Å². The maximum absolute atomic E-state index is 11.9. The Balaban J connectivity index is 3.04. The highest BCUT2D eigenvalue weighted by Crippen LogP contribution is 2.18. The summed E-state index contributed by atoms with van der Waals surface area (Å²) in [4.78, 5) is 23.2. The van der Waals surface area contributed by atoms with Crippen LogP contribution in [0.1, 0.15) is 17.3 Å². The van der Waals surface area contributed by atoms with Crippen LogP contribution in [-0.4, -0.2) is 30.4 Å². The molecule has 0 atom stereocenters. The summed E-state index contributed by atoms with van der Waals surface area (Å²) in [6.45, 7) is 0.321. The summed E-state index contributed by atoms with van der Waals surface area (Å²) >= 11 is 0. The highest BCUT2D eigenvalue weighted by Gasteiger charge is 2.30. The molecule has 0 fully saturated rings.